The number of anilines is 1. The number of hydrogen-bond acceptors (Lipinski definition) is 8. The highest BCUT2D eigenvalue weighted by Crippen LogP contribution is 2.41. The highest BCUT2D eigenvalue weighted by atomic mass is 35.5. The van der Waals surface area contributed by atoms with Crippen LogP contribution in [0.4, 0.5) is 24.2 Å². The SMILES string of the molecule is COP(=O)(O)OCC(=O)NCCC[C@@H](COC(=O)Nc1cc2cc(F)ccc2cn1)N(C)C(=O)NCc1cccc(F)c1Cl. The number of amides is 4. The second-order valence-electron chi connectivity index (χ2n) is 9.34. The first-order chi connectivity index (χ1) is 20.9. The van der Waals surface area contributed by atoms with Crippen molar-refractivity contribution in [2.45, 2.75) is 25.4 Å². The molecule has 13 nitrogen and oxygen atoms in total. The van der Waals surface area contributed by atoms with E-state index in [1.165, 1.54) is 48.5 Å². The molecule has 3 aromatic rings. The summed E-state index contributed by atoms with van der Waals surface area (Å²) in [5.41, 5.74) is 0.356. The number of carbonyl (C=O) groups is 3. The van der Waals surface area contributed by atoms with E-state index in [9.17, 15) is 32.6 Å². The number of phosphoric acid groups is 1. The lowest BCUT2D eigenvalue weighted by Crippen LogP contribution is -2.46. The Morgan fingerprint density at radius 1 is 1.14 bits per heavy atom. The van der Waals surface area contributed by atoms with Gasteiger partial charge in [0.25, 0.3) is 0 Å². The third-order valence-electron chi connectivity index (χ3n) is 6.28. The normalized spacial score (nSPS) is 13.0. The molecule has 3 rings (SSSR count). The van der Waals surface area contributed by atoms with Crippen molar-refractivity contribution in [3.05, 3.63) is 70.9 Å². The van der Waals surface area contributed by atoms with E-state index in [0.29, 0.717) is 22.8 Å². The van der Waals surface area contributed by atoms with Crippen LogP contribution in [0.3, 0.4) is 0 Å². The summed E-state index contributed by atoms with van der Waals surface area (Å²) in [5.74, 6) is -1.64. The Morgan fingerprint density at radius 3 is 2.66 bits per heavy atom. The quantitative estimate of drug-likeness (QED) is 0.143. The Bertz CT molecular complexity index is 1530. The van der Waals surface area contributed by atoms with Crippen molar-refractivity contribution in [3.8, 4) is 0 Å². The van der Waals surface area contributed by atoms with E-state index >= 15 is 0 Å². The van der Waals surface area contributed by atoms with Gasteiger partial charge in [0, 0.05) is 38.8 Å². The lowest BCUT2D eigenvalue weighted by molar-refractivity contribution is -0.123. The van der Waals surface area contributed by atoms with Crippen LogP contribution in [0.1, 0.15) is 18.4 Å². The summed E-state index contributed by atoms with van der Waals surface area (Å²) in [4.78, 5) is 52.0. The van der Waals surface area contributed by atoms with Gasteiger partial charge in [-0.25, -0.2) is 27.9 Å². The second-order valence-corrected chi connectivity index (χ2v) is 11.3. The first-order valence-corrected chi connectivity index (χ1v) is 15.0. The zero-order valence-electron chi connectivity index (χ0n) is 23.7. The van der Waals surface area contributed by atoms with Gasteiger partial charge in [0.15, 0.2) is 0 Å². The van der Waals surface area contributed by atoms with Crippen LogP contribution in [0.15, 0.2) is 48.7 Å². The fourth-order valence-corrected chi connectivity index (χ4v) is 4.42. The van der Waals surface area contributed by atoms with Gasteiger partial charge in [-0.3, -0.25) is 19.2 Å². The van der Waals surface area contributed by atoms with Crippen molar-refractivity contribution in [3.63, 3.8) is 0 Å². The van der Waals surface area contributed by atoms with Crippen LogP contribution in [-0.4, -0.2) is 72.8 Å². The van der Waals surface area contributed by atoms with Gasteiger partial charge in [-0.1, -0.05) is 23.7 Å². The maximum Gasteiger partial charge on any atom is 0.472 e. The van der Waals surface area contributed by atoms with E-state index in [2.05, 4.69) is 30.0 Å². The molecule has 2 atom stereocenters. The minimum atomic E-state index is -4.32. The molecule has 4 N–H and O–H groups in total. The zero-order chi connectivity index (χ0) is 32.3. The highest BCUT2D eigenvalue weighted by molar-refractivity contribution is 7.47. The first-order valence-electron chi connectivity index (χ1n) is 13.1. The molecule has 1 heterocycles. The molecule has 17 heteroatoms. The largest absolute Gasteiger partial charge is 0.472 e. The van der Waals surface area contributed by atoms with Gasteiger partial charge >= 0.3 is 19.9 Å². The number of hydrogen-bond donors (Lipinski definition) is 4. The number of rotatable bonds is 14. The molecular weight excluding hydrogens is 627 g/mol. The molecule has 238 valence electrons. The lowest BCUT2D eigenvalue weighted by atomic mass is 10.1. The predicted molar refractivity (Wildman–Crippen MR) is 157 cm³/mol. The number of likely N-dealkylation sites (N-methyl/N-ethyl adjacent to an activating group) is 1. The van der Waals surface area contributed by atoms with Gasteiger partial charge in [-0.2, -0.15) is 0 Å². The average molecular weight is 658 g/mol. The van der Waals surface area contributed by atoms with Crippen LogP contribution < -0.4 is 16.0 Å². The molecule has 0 aliphatic rings. The van der Waals surface area contributed by atoms with E-state index in [-0.39, 0.29) is 37.0 Å². The summed E-state index contributed by atoms with van der Waals surface area (Å²) in [7, 11) is -1.90. The smallest absolute Gasteiger partial charge is 0.447 e. The maximum atomic E-state index is 13.8. The van der Waals surface area contributed by atoms with Crippen LogP contribution >= 0.6 is 19.4 Å². The van der Waals surface area contributed by atoms with Crippen molar-refractivity contribution in [2.24, 2.45) is 0 Å². The van der Waals surface area contributed by atoms with E-state index in [0.717, 1.165) is 7.11 Å². The number of urea groups is 1. The predicted octanol–water partition coefficient (Wildman–Crippen LogP) is 4.58. The molecule has 1 unspecified atom stereocenters. The molecule has 0 aliphatic carbocycles. The molecule has 4 amide bonds. The van der Waals surface area contributed by atoms with E-state index in [4.69, 9.17) is 16.3 Å². The second kappa shape index (κ2) is 16.3. The number of benzene rings is 2. The van der Waals surface area contributed by atoms with Crippen LogP contribution in [0.5, 0.6) is 0 Å². The molecule has 0 saturated heterocycles. The van der Waals surface area contributed by atoms with Crippen molar-refractivity contribution >= 4 is 54.0 Å². The number of aromatic nitrogens is 1. The number of fused-ring (bicyclic) bond motifs is 1. The van der Waals surface area contributed by atoms with Crippen molar-refractivity contribution < 1.29 is 46.4 Å². The maximum absolute atomic E-state index is 13.8. The number of halogens is 3. The molecule has 1 aromatic heterocycles. The molecular formula is C27H31ClF2N5O8P. The minimum Gasteiger partial charge on any atom is -0.447 e. The van der Waals surface area contributed by atoms with Gasteiger partial charge in [0.1, 0.15) is 30.7 Å². The molecule has 0 radical (unpaired) electrons. The summed E-state index contributed by atoms with van der Waals surface area (Å²) >= 11 is 5.97. The van der Waals surface area contributed by atoms with E-state index in [1.54, 1.807) is 12.1 Å². The van der Waals surface area contributed by atoms with Crippen LogP contribution in [-0.2, 0) is 29.7 Å². The number of carbonyl (C=O) groups excluding carboxylic acids is 3. The van der Waals surface area contributed by atoms with Crippen molar-refractivity contribution in [1.29, 1.82) is 0 Å². The summed E-state index contributed by atoms with van der Waals surface area (Å²) in [5, 5.41) is 8.65. The number of nitrogens with zero attached hydrogens (tertiary/aromatic N) is 2. The van der Waals surface area contributed by atoms with Crippen molar-refractivity contribution in [2.75, 3.05) is 39.2 Å². The fourth-order valence-electron chi connectivity index (χ4n) is 3.84. The minimum absolute atomic E-state index is 0.0751. The zero-order valence-corrected chi connectivity index (χ0v) is 25.4. The molecule has 0 bridgehead atoms. The van der Waals surface area contributed by atoms with Gasteiger partial charge < -0.3 is 25.2 Å². The van der Waals surface area contributed by atoms with E-state index < -0.39 is 50.1 Å². The summed E-state index contributed by atoms with van der Waals surface area (Å²) in [6.45, 7) is -0.958. The Labute approximate surface area is 256 Å². The molecule has 0 spiro atoms. The highest BCUT2D eigenvalue weighted by Gasteiger charge is 2.23. The topological polar surface area (TPSA) is 168 Å². The van der Waals surface area contributed by atoms with Crippen LogP contribution in [0.2, 0.25) is 5.02 Å². The summed E-state index contributed by atoms with van der Waals surface area (Å²) < 4.78 is 52.8. The average Bonchev–Trinajstić information content (AvgIpc) is 2.99. The van der Waals surface area contributed by atoms with Gasteiger partial charge in [-0.15, -0.1) is 0 Å². The summed E-state index contributed by atoms with van der Waals surface area (Å²) in [6.07, 6.45) is 1.12. The molecule has 2 aromatic carbocycles. The van der Waals surface area contributed by atoms with Crippen molar-refractivity contribution in [1.82, 2.24) is 20.5 Å². The number of nitrogens with one attached hydrogen (secondary N) is 3. The van der Waals surface area contributed by atoms with Crippen LogP contribution in [0, 0.1) is 11.6 Å². The van der Waals surface area contributed by atoms with Gasteiger partial charge in [0.2, 0.25) is 5.91 Å². The third-order valence-corrected chi connectivity index (χ3v) is 7.62. The van der Waals surface area contributed by atoms with Gasteiger partial charge in [0.05, 0.1) is 11.1 Å². The molecule has 0 aliphatic heterocycles. The van der Waals surface area contributed by atoms with E-state index in [1.807, 2.05) is 0 Å². The number of phosphoric ester groups is 1. The lowest BCUT2D eigenvalue weighted by Gasteiger charge is -2.28. The molecule has 0 fully saturated rings. The Hall–Kier alpha value is -3.88. The number of pyridine rings is 1. The Balaban J connectivity index is 1.59. The monoisotopic (exact) mass is 657 g/mol. The van der Waals surface area contributed by atoms with Crippen LogP contribution in [0.25, 0.3) is 10.8 Å². The standard InChI is InChI=1S/C27H31ClF2N5O8P/c1-35(26(37)33-14-18-5-3-7-22(30)25(18)28)21(6-4-10-31-24(36)16-43-44(39,40)41-2)15-42-27(38)34-23-12-19-11-20(29)9-8-17(19)13-32-23/h3,5,7-9,11-13,21H,4,6,10,14-16H2,1-2H3,(H,31,36)(H,33,37)(H,39,40)(H,32,34,38)/t21-/m0/s1. The molecule has 0 saturated carbocycles. The molecule has 44 heavy (non-hydrogen) atoms. The fraction of sp³-hybridized carbons (Fsp3) is 0.333. The third kappa shape index (κ3) is 10.7. The first kappa shape index (κ1) is 34.6. The summed E-state index contributed by atoms with van der Waals surface area (Å²) in [6, 6.07) is 8.54. The Morgan fingerprint density at radius 2 is 1.91 bits per heavy atom. The number of ether oxygens (including phenoxy) is 1. The van der Waals surface area contributed by atoms with Gasteiger partial charge in [-0.05, 0) is 54.1 Å². The Kier molecular flexibility index (Phi) is 12.8.